The summed E-state index contributed by atoms with van der Waals surface area (Å²) in [6.45, 7) is 12.3. The summed E-state index contributed by atoms with van der Waals surface area (Å²) in [7, 11) is 0. The molecule has 0 radical (unpaired) electrons. The van der Waals surface area contributed by atoms with Crippen LogP contribution in [0.1, 0.15) is 39.7 Å². The third-order valence-corrected chi connectivity index (χ3v) is 7.20. The average molecular weight is 537 g/mol. The smallest absolute Gasteiger partial charge is 0.229 e. The van der Waals surface area contributed by atoms with Gasteiger partial charge in [0.05, 0.1) is 49.6 Å². The standard InChI is InChI=1S/C29H37FN6O3/c1-18(2)13-26(37)31-15-22-14-21(5-7-24(22)30)25-8-6-23-27(32-25)33-29(36-10-12-39-17-20(36)4)34-28(23)35-9-11-38-16-19(35)3/h5-8,14,18-20H,9-13,15-17H2,1-4H3,(H,31,37)/t19-,20-/m0/s1. The van der Waals surface area contributed by atoms with Crippen LogP contribution in [0.2, 0.25) is 0 Å². The van der Waals surface area contributed by atoms with Crippen molar-refractivity contribution in [3.63, 3.8) is 0 Å². The molecule has 1 N–H and O–H groups in total. The van der Waals surface area contributed by atoms with Crippen LogP contribution in [0.15, 0.2) is 30.3 Å². The number of fused-ring (bicyclic) bond motifs is 1. The number of nitrogens with zero attached hydrogens (tertiary/aromatic N) is 5. The second-order valence-electron chi connectivity index (χ2n) is 10.8. The van der Waals surface area contributed by atoms with Gasteiger partial charge in [0.2, 0.25) is 11.9 Å². The molecule has 0 spiro atoms. The number of carbonyl (C=O) groups is 1. The number of ether oxygens (including phenoxy) is 2. The van der Waals surface area contributed by atoms with Crippen LogP contribution >= 0.6 is 0 Å². The molecule has 208 valence electrons. The topological polar surface area (TPSA) is 92.7 Å². The number of pyridine rings is 1. The number of hydrogen-bond donors (Lipinski definition) is 1. The molecule has 1 amide bonds. The van der Waals surface area contributed by atoms with Crippen molar-refractivity contribution in [3.05, 3.63) is 41.7 Å². The number of rotatable bonds is 7. The van der Waals surface area contributed by atoms with Gasteiger partial charge in [-0.1, -0.05) is 13.8 Å². The van der Waals surface area contributed by atoms with Crippen molar-refractivity contribution in [2.75, 3.05) is 49.3 Å². The summed E-state index contributed by atoms with van der Waals surface area (Å²) >= 11 is 0. The van der Waals surface area contributed by atoms with E-state index in [1.54, 1.807) is 12.1 Å². The maximum absolute atomic E-state index is 14.6. The normalized spacial score (nSPS) is 20.1. The van der Waals surface area contributed by atoms with Crippen molar-refractivity contribution >= 4 is 28.7 Å². The highest BCUT2D eigenvalue weighted by Gasteiger charge is 2.27. The molecule has 9 nitrogen and oxygen atoms in total. The van der Waals surface area contributed by atoms with E-state index in [9.17, 15) is 9.18 Å². The van der Waals surface area contributed by atoms with Crippen molar-refractivity contribution in [2.24, 2.45) is 5.92 Å². The first-order valence-electron chi connectivity index (χ1n) is 13.7. The van der Waals surface area contributed by atoms with Crippen LogP contribution in [0.25, 0.3) is 22.3 Å². The Bertz CT molecular complexity index is 1340. The zero-order valence-corrected chi connectivity index (χ0v) is 23.1. The number of amides is 1. The fourth-order valence-corrected chi connectivity index (χ4v) is 5.06. The second-order valence-corrected chi connectivity index (χ2v) is 10.8. The molecule has 2 aliphatic heterocycles. The Labute approximate surface area is 228 Å². The molecule has 10 heteroatoms. The highest BCUT2D eigenvalue weighted by molar-refractivity contribution is 5.90. The molecule has 3 aromatic rings. The van der Waals surface area contributed by atoms with Crippen LogP contribution in [-0.2, 0) is 20.8 Å². The van der Waals surface area contributed by atoms with E-state index in [-0.39, 0.29) is 36.3 Å². The van der Waals surface area contributed by atoms with E-state index < -0.39 is 0 Å². The third kappa shape index (κ3) is 6.12. The van der Waals surface area contributed by atoms with Gasteiger partial charge < -0.3 is 24.6 Å². The van der Waals surface area contributed by atoms with Crippen molar-refractivity contribution in [3.8, 4) is 11.3 Å². The number of nitrogens with one attached hydrogen (secondary N) is 1. The highest BCUT2D eigenvalue weighted by atomic mass is 19.1. The minimum Gasteiger partial charge on any atom is -0.377 e. The molecule has 2 aromatic heterocycles. The summed E-state index contributed by atoms with van der Waals surface area (Å²) in [6, 6.07) is 9.10. The first kappa shape index (κ1) is 27.2. The van der Waals surface area contributed by atoms with Gasteiger partial charge in [-0.05, 0) is 50.1 Å². The minimum absolute atomic E-state index is 0.0925. The number of carbonyl (C=O) groups excluding carboxylic acids is 1. The predicted molar refractivity (Wildman–Crippen MR) is 149 cm³/mol. The molecule has 2 aliphatic rings. The van der Waals surface area contributed by atoms with E-state index in [0.717, 1.165) is 23.3 Å². The van der Waals surface area contributed by atoms with Crippen molar-refractivity contribution in [1.82, 2.24) is 20.3 Å². The van der Waals surface area contributed by atoms with Gasteiger partial charge in [0.25, 0.3) is 0 Å². The average Bonchev–Trinajstić information content (AvgIpc) is 2.92. The summed E-state index contributed by atoms with van der Waals surface area (Å²) in [5.41, 5.74) is 2.44. The van der Waals surface area contributed by atoms with Gasteiger partial charge in [0, 0.05) is 37.2 Å². The molecular formula is C29H37FN6O3. The lowest BCUT2D eigenvalue weighted by atomic mass is 10.1. The number of aromatic nitrogens is 3. The lowest BCUT2D eigenvalue weighted by Crippen LogP contribution is -2.46. The second kappa shape index (κ2) is 11.8. The van der Waals surface area contributed by atoms with Gasteiger partial charge in [-0.3, -0.25) is 4.79 Å². The Hall–Kier alpha value is -3.37. The summed E-state index contributed by atoms with van der Waals surface area (Å²) < 4.78 is 25.9. The Morgan fingerprint density at radius 1 is 1.03 bits per heavy atom. The fraction of sp³-hybridized carbons (Fsp3) is 0.517. The third-order valence-electron chi connectivity index (χ3n) is 7.20. The largest absolute Gasteiger partial charge is 0.377 e. The molecule has 5 rings (SSSR count). The Kier molecular flexibility index (Phi) is 8.23. The molecule has 0 saturated carbocycles. The zero-order chi connectivity index (χ0) is 27.5. The summed E-state index contributed by atoms with van der Waals surface area (Å²) in [5, 5.41) is 3.69. The Morgan fingerprint density at radius 2 is 1.74 bits per heavy atom. The number of anilines is 2. The lowest BCUT2D eigenvalue weighted by Gasteiger charge is -2.37. The van der Waals surface area contributed by atoms with Crippen molar-refractivity contribution in [2.45, 2.75) is 52.7 Å². The number of halogens is 1. The first-order valence-corrected chi connectivity index (χ1v) is 13.7. The van der Waals surface area contributed by atoms with Gasteiger partial charge in [-0.25, -0.2) is 9.37 Å². The molecule has 2 fully saturated rings. The summed E-state index contributed by atoms with van der Waals surface area (Å²) in [6.07, 6.45) is 0.404. The van der Waals surface area contributed by atoms with Gasteiger partial charge in [0.1, 0.15) is 11.6 Å². The predicted octanol–water partition coefficient (Wildman–Crippen LogP) is 3.94. The monoisotopic (exact) mass is 536 g/mol. The molecule has 2 saturated heterocycles. The molecule has 0 aliphatic carbocycles. The number of hydrogen-bond acceptors (Lipinski definition) is 8. The van der Waals surface area contributed by atoms with Gasteiger partial charge in [-0.15, -0.1) is 0 Å². The first-order chi connectivity index (χ1) is 18.8. The maximum Gasteiger partial charge on any atom is 0.229 e. The lowest BCUT2D eigenvalue weighted by molar-refractivity contribution is -0.121. The summed E-state index contributed by atoms with van der Waals surface area (Å²) in [5.74, 6) is 1.25. The molecule has 39 heavy (non-hydrogen) atoms. The molecule has 0 unspecified atom stereocenters. The van der Waals surface area contributed by atoms with Crippen LogP contribution in [-0.4, -0.2) is 72.5 Å². The van der Waals surface area contributed by atoms with Crippen molar-refractivity contribution in [1.29, 1.82) is 0 Å². The molecule has 1 aromatic carbocycles. The van der Waals surface area contributed by atoms with Crippen molar-refractivity contribution < 1.29 is 18.7 Å². The van der Waals surface area contributed by atoms with E-state index in [1.807, 2.05) is 26.0 Å². The Balaban J connectivity index is 1.52. The van der Waals surface area contributed by atoms with E-state index in [1.165, 1.54) is 6.07 Å². The maximum atomic E-state index is 14.6. The van der Waals surface area contributed by atoms with Crippen LogP contribution in [0.3, 0.4) is 0 Å². The van der Waals surface area contributed by atoms with Gasteiger partial charge in [0.15, 0.2) is 5.65 Å². The van der Waals surface area contributed by atoms with Crippen LogP contribution in [0, 0.1) is 11.7 Å². The van der Waals surface area contributed by atoms with Crippen LogP contribution in [0.4, 0.5) is 16.2 Å². The number of benzene rings is 1. The van der Waals surface area contributed by atoms with Gasteiger partial charge >= 0.3 is 0 Å². The molecule has 0 bridgehead atoms. The van der Waals surface area contributed by atoms with Crippen LogP contribution < -0.4 is 15.1 Å². The van der Waals surface area contributed by atoms with E-state index in [0.29, 0.717) is 62.2 Å². The summed E-state index contributed by atoms with van der Waals surface area (Å²) in [4.78, 5) is 31.4. The Morgan fingerprint density at radius 3 is 2.44 bits per heavy atom. The molecular weight excluding hydrogens is 499 g/mol. The van der Waals surface area contributed by atoms with E-state index in [4.69, 9.17) is 24.4 Å². The SMILES string of the molecule is CC(C)CC(=O)NCc1cc(-c2ccc3c(N4CCOC[C@@H]4C)nc(N4CCOC[C@@H]4C)nc3n2)ccc1F. The number of morpholine rings is 2. The van der Waals surface area contributed by atoms with Gasteiger partial charge in [-0.2, -0.15) is 9.97 Å². The van der Waals surface area contributed by atoms with Crippen LogP contribution in [0.5, 0.6) is 0 Å². The minimum atomic E-state index is -0.362. The quantitative estimate of drug-likeness (QED) is 0.486. The van der Waals surface area contributed by atoms with E-state index >= 15 is 0 Å². The highest BCUT2D eigenvalue weighted by Crippen LogP contribution is 2.31. The zero-order valence-electron chi connectivity index (χ0n) is 23.1. The fourth-order valence-electron chi connectivity index (χ4n) is 5.06. The van der Waals surface area contributed by atoms with E-state index in [2.05, 4.69) is 29.0 Å². The molecule has 4 heterocycles. The molecule has 2 atom stereocenters.